The standard InChI is InChI=1S/C29H23F2N3O3/c1-3-36-29(35)25-16-26(20-6-8-21(30)9-7-20)32-28-27(25)18(2)34(33-28)17-19-4-12-23(13-5-19)37-24-14-10-22(31)11-15-24/h4-16H,3,17H2,1-2H3. The van der Waals surface area contributed by atoms with Gasteiger partial charge in [0.1, 0.15) is 23.1 Å². The number of carbonyl (C=O) groups excluding carboxylic acids is 1. The van der Waals surface area contributed by atoms with Crippen LogP contribution >= 0.6 is 0 Å². The molecule has 0 saturated carbocycles. The molecule has 5 rings (SSSR count). The van der Waals surface area contributed by atoms with Crippen LogP contribution < -0.4 is 4.74 Å². The molecule has 0 bridgehead atoms. The van der Waals surface area contributed by atoms with Crippen LogP contribution in [0.2, 0.25) is 0 Å². The molecular weight excluding hydrogens is 476 g/mol. The fourth-order valence-electron chi connectivity index (χ4n) is 4.05. The number of ether oxygens (including phenoxy) is 2. The van der Waals surface area contributed by atoms with E-state index < -0.39 is 5.97 Å². The van der Waals surface area contributed by atoms with E-state index in [0.717, 1.165) is 11.3 Å². The van der Waals surface area contributed by atoms with Crippen LogP contribution in [0.3, 0.4) is 0 Å². The maximum Gasteiger partial charge on any atom is 0.339 e. The summed E-state index contributed by atoms with van der Waals surface area (Å²) in [6.07, 6.45) is 0. The van der Waals surface area contributed by atoms with E-state index in [-0.39, 0.29) is 18.2 Å². The normalized spacial score (nSPS) is 11.0. The van der Waals surface area contributed by atoms with Crippen molar-refractivity contribution in [3.8, 4) is 22.8 Å². The predicted octanol–water partition coefficient (Wildman–Crippen LogP) is 6.70. The van der Waals surface area contributed by atoms with Crippen molar-refractivity contribution in [3.63, 3.8) is 0 Å². The van der Waals surface area contributed by atoms with E-state index in [2.05, 4.69) is 10.1 Å². The topological polar surface area (TPSA) is 66.2 Å². The van der Waals surface area contributed by atoms with Gasteiger partial charge in [-0.25, -0.2) is 18.6 Å². The zero-order valence-corrected chi connectivity index (χ0v) is 20.2. The number of halogens is 2. The SMILES string of the molecule is CCOC(=O)c1cc(-c2ccc(F)cc2)nc2nn(Cc3ccc(Oc4ccc(F)cc4)cc3)c(C)c12. The lowest BCUT2D eigenvalue weighted by molar-refractivity contribution is 0.0528. The number of esters is 1. The fraction of sp³-hybridized carbons (Fsp3) is 0.138. The van der Waals surface area contributed by atoms with Gasteiger partial charge in [0.2, 0.25) is 0 Å². The van der Waals surface area contributed by atoms with Gasteiger partial charge in [-0.15, -0.1) is 0 Å². The molecule has 0 fully saturated rings. The molecule has 0 aliphatic carbocycles. The lowest BCUT2D eigenvalue weighted by Gasteiger charge is -2.09. The number of carbonyl (C=O) groups is 1. The summed E-state index contributed by atoms with van der Waals surface area (Å²) in [6, 6.07) is 20.9. The second kappa shape index (κ2) is 10.2. The van der Waals surface area contributed by atoms with E-state index in [1.54, 1.807) is 41.9 Å². The van der Waals surface area contributed by atoms with Gasteiger partial charge in [-0.05, 0) is 86.1 Å². The molecule has 0 amide bonds. The summed E-state index contributed by atoms with van der Waals surface area (Å²) in [5.41, 5.74) is 3.65. The van der Waals surface area contributed by atoms with Crippen molar-refractivity contribution in [2.75, 3.05) is 6.61 Å². The molecule has 2 heterocycles. The van der Waals surface area contributed by atoms with Gasteiger partial charge in [-0.1, -0.05) is 12.1 Å². The van der Waals surface area contributed by atoms with E-state index in [9.17, 15) is 13.6 Å². The number of hydrogen-bond donors (Lipinski definition) is 0. The first kappa shape index (κ1) is 24.1. The number of aromatic nitrogens is 3. The Morgan fingerprint density at radius 3 is 2.11 bits per heavy atom. The van der Waals surface area contributed by atoms with Crippen LogP contribution in [0.1, 0.15) is 28.5 Å². The van der Waals surface area contributed by atoms with Crippen LogP contribution in [0.5, 0.6) is 11.5 Å². The molecule has 8 heteroatoms. The first-order valence-corrected chi connectivity index (χ1v) is 11.7. The quantitative estimate of drug-likeness (QED) is 0.233. The molecule has 0 atom stereocenters. The third-order valence-corrected chi connectivity index (χ3v) is 5.91. The van der Waals surface area contributed by atoms with Crippen LogP contribution in [0.4, 0.5) is 8.78 Å². The Kier molecular flexibility index (Phi) is 6.64. The highest BCUT2D eigenvalue weighted by molar-refractivity contribution is 6.04. The van der Waals surface area contributed by atoms with Crippen LogP contribution in [-0.4, -0.2) is 27.3 Å². The van der Waals surface area contributed by atoms with Crippen molar-refractivity contribution in [1.29, 1.82) is 0 Å². The molecular formula is C29H23F2N3O3. The summed E-state index contributed by atoms with van der Waals surface area (Å²) in [4.78, 5) is 17.5. The third-order valence-electron chi connectivity index (χ3n) is 5.91. The van der Waals surface area contributed by atoms with Crippen molar-refractivity contribution >= 4 is 17.0 Å². The number of nitrogens with zero attached hydrogens (tertiary/aromatic N) is 3. The molecule has 0 radical (unpaired) electrons. The van der Waals surface area contributed by atoms with Gasteiger partial charge in [-0.2, -0.15) is 5.10 Å². The fourth-order valence-corrected chi connectivity index (χ4v) is 4.05. The van der Waals surface area contributed by atoms with Crippen LogP contribution in [0.25, 0.3) is 22.3 Å². The van der Waals surface area contributed by atoms with Crippen molar-refractivity contribution in [3.05, 3.63) is 107 Å². The number of fused-ring (bicyclic) bond motifs is 1. The Morgan fingerprint density at radius 1 is 0.892 bits per heavy atom. The van der Waals surface area contributed by atoms with Gasteiger partial charge in [-0.3, -0.25) is 4.68 Å². The molecule has 0 aliphatic heterocycles. The minimum absolute atomic E-state index is 0.230. The second-order valence-electron chi connectivity index (χ2n) is 8.42. The molecule has 0 spiro atoms. The van der Waals surface area contributed by atoms with Crippen LogP contribution in [0, 0.1) is 18.6 Å². The van der Waals surface area contributed by atoms with E-state index in [0.29, 0.717) is 45.9 Å². The van der Waals surface area contributed by atoms with Gasteiger partial charge in [0.15, 0.2) is 5.65 Å². The molecule has 37 heavy (non-hydrogen) atoms. The molecule has 3 aromatic carbocycles. The van der Waals surface area contributed by atoms with Gasteiger partial charge >= 0.3 is 5.97 Å². The summed E-state index contributed by atoms with van der Waals surface area (Å²) in [5.74, 6) is 0.00804. The first-order valence-electron chi connectivity index (χ1n) is 11.7. The van der Waals surface area contributed by atoms with Crippen LogP contribution in [0.15, 0.2) is 78.9 Å². The number of pyridine rings is 1. The Labute approximate surface area is 212 Å². The number of rotatable bonds is 7. The second-order valence-corrected chi connectivity index (χ2v) is 8.42. The van der Waals surface area contributed by atoms with Crippen molar-refractivity contribution in [1.82, 2.24) is 14.8 Å². The lowest BCUT2D eigenvalue weighted by atomic mass is 10.1. The minimum atomic E-state index is -0.469. The lowest BCUT2D eigenvalue weighted by Crippen LogP contribution is -2.07. The van der Waals surface area contributed by atoms with Crippen LogP contribution in [-0.2, 0) is 11.3 Å². The summed E-state index contributed by atoms with van der Waals surface area (Å²) in [7, 11) is 0. The Morgan fingerprint density at radius 2 is 1.49 bits per heavy atom. The Hall–Kier alpha value is -4.59. The van der Waals surface area contributed by atoms with Gasteiger partial charge in [0.25, 0.3) is 0 Å². The average molecular weight is 500 g/mol. The molecule has 2 aromatic heterocycles. The molecule has 5 aromatic rings. The van der Waals surface area contributed by atoms with Crippen molar-refractivity contribution in [2.45, 2.75) is 20.4 Å². The van der Waals surface area contributed by atoms with Gasteiger partial charge in [0, 0.05) is 11.3 Å². The zero-order valence-electron chi connectivity index (χ0n) is 20.2. The Bertz CT molecular complexity index is 1560. The highest BCUT2D eigenvalue weighted by atomic mass is 19.1. The largest absolute Gasteiger partial charge is 0.462 e. The monoisotopic (exact) mass is 499 g/mol. The summed E-state index contributed by atoms with van der Waals surface area (Å²) in [5, 5.41) is 5.28. The number of hydrogen-bond acceptors (Lipinski definition) is 5. The Balaban J connectivity index is 1.47. The third kappa shape index (κ3) is 5.18. The van der Waals surface area contributed by atoms with E-state index in [1.165, 1.54) is 24.3 Å². The molecule has 186 valence electrons. The molecule has 0 unspecified atom stereocenters. The summed E-state index contributed by atoms with van der Waals surface area (Å²) < 4.78 is 39.4. The maximum absolute atomic E-state index is 13.4. The summed E-state index contributed by atoms with van der Waals surface area (Å²) in [6.45, 7) is 4.29. The molecule has 0 aliphatic rings. The van der Waals surface area contributed by atoms with Crippen molar-refractivity contribution < 1.29 is 23.0 Å². The smallest absolute Gasteiger partial charge is 0.339 e. The van der Waals surface area contributed by atoms with Gasteiger partial charge < -0.3 is 9.47 Å². The van der Waals surface area contributed by atoms with E-state index in [4.69, 9.17) is 9.47 Å². The average Bonchev–Trinajstić information content (AvgIpc) is 3.21. The zero-order chi connectivity index (χ0) is 25.9. The number of aryl methyl sites for hydroxylation is 1. The summed E-state index contributed by atoms with van der Waals surface area (Å²) >= 11 is 0. The van der Waals surface area contributed by atoms with E-state index in [1.807, 2.05) is 31.2 Å². The number of benzene rings is 3. The van der Waals surface area contributed by atoms with E-state index >= 15 is 0 Å². The van der Waals surface area contributed by atoms with Crippen molar-refractivity contribution in [2.24, 2.45) is 0 Å². The highest BCUT2D eigenvalue weighted by Crippen LogP contribution is 2.29. The minimum Gasteiger partial charge on any atom is -0.462 e. The molecule has 0 N–H and O–H groups in total. The molecule has 0 saturated heterocycles. The maximum atomic E-state index is 13.4. The predicted molar refractivity (Wildman–Crippen MR) is 136 cm³/mol. The van der Waals surface area contributed by atoms with Gasteiger partial charge in [0.05, 0.1) is 29.8 Å². The highest BCUT2D eigenvalue weighted by Gasteiger charge is 2.21. The molecule has 6 nitrogen and oxygen atoms in total. The first-order chi connectivity index (χ1) is 17.9.